The second-order valence-corrected chi connectivity index (χ2v) is 11.8. The fraction of sp³-hybridized carbons (Fsp3) is 0.375. The van der Waals surface area contributed by atoms with Gasteiger partial charge in [0.25, 0.3) is 0 Å². The van der Waals surface area contributed by atoms with Crippen LogP contribution in [0, 0.1) is 6.92 Å². The van der Waals surface area contributed by atoms with Crippen molar-refractivity contribution >= 4 is 23.1 Å². The highest BCUT2D eigenvalue weighted by atomic mass is 16.6. The van der Waals surface area contributed by atoms with E-state index in [1.165, 1.54) is 4.68 Å². The Morgan fingerprint density at radius 1 is 0.905 bits per heavy atom. The van der Waals surface area contributed by atoms with Gasteiger partial charge in [-0.3, -0.25) is 4.98 Å². The molecule has 2 heterocycles. The van der Waals surface area contributed by atoms with Gasteiger partial charge in [0, 0.05) is 17.1 Å². The lowest BCUT2D eigenvalue weighted by atomic mass is 10.0. The first-order valence-electron chi connectivity index (χ1n) is 13.8. The molecule has 0 radical (unpaired) electrons. The molecule has 0 saturated heterocycles. The van der Waals surface area contributed by atoms with Crippen molar-refractivity contribution in [3.05, 3.63) is 72.7 Å². The number of benzene rings is 2. The summed E-state index contributed by atoms with van der Waals surface area (Å²) >= 11 is 0. The Labute approximate surface area is 245 Å². The number of ether oxygens (including phenoxy) is 4. The molecule has 10 nitrogen and oxygen atoms in total. The van der Waals surface area contributed by atoms with Crippen LogP contribution in [0.1, 0.15) is 47.2 Å². The Balaban J connectivity index is 1.59. The minimum absolute atomic E-state index is 0.142. The van der Waals surface area contributed by atoms with Crippen LogP contribution < -0.4 is 14.8 Å². The fourth-order valence-corrected chi connectivity index (χ4v) is 4.21. The number of hydrogen-bond donors (Lipinski definition) is 1. The number of carbonyl (C=O) groups excluding carboxylic acids is 2. The van der Waals surface area contributed by atoms with Crippen LogP contribution >= 0.6 is 0 Å². The van der Waals surface area contributed by atoms with Crippen molar-refractivity contribution in [1.29, 1.82) is 0 Å². The van der Waals surface area contributed by atoms with Crippen molar-refractivity contribution in [2.75, 3.05) is 13.2 Å². The molecule has 0 spiro atoms. The van der Waals surface area contributed by atoms with Crippen molar-refractivity contribution in [1.82, 2.24) is 20.1 Å². The van der Waals surface area contributed by atoms with Crippen molar-refractivity contribution in [3.63, 3.8) is 0 Å². The molecular formula is C32H38N4O6. The lowest BCUT2D eigenvalue weighted by molar-refractivity contribution is 0.0479. The predicted molar refractivity (Wildman–Crippen MR) is 160 cm³/mol. The number of hydrogen-bond acceptors (Lipinski definition) is 8. The quantitative estimate of drug-likeness (QED) is 0.252. The van der Waals surface area contributed by atoms with Gasteiger partial charge in [-0.25, -0.2) is 9.59 Å². The Morgan fingerprint density at radius 2 is 1.62 bits per heavy atom. The molecule has 0 saturated carbocycles. The number of para-hydroxylation sites is 1. The molecule has 0 fully saturated rings. The molecule has 222 valence electrons. The zero-order chi connectivity index (χ0) is 30.5. The summed E-state index contributed by atoms with van der Waals surface area (Å²) in [6, 6.07) is 16.8. The monoisotopic (exact) mass is 574 g/mol. The molecule has 0 aliphatic heterocycles. The first-order chi connectivity index (χ1) is 19.8. The molecule has 1 amide bonds. The van der Waals surface area contributed by atoms with Crippen LogP contribution in [0.4, 0.5) is 9.59 Å². The molecule has 0 aliphatic carbocycles. The highest BCUT2D eigenvalue weighted by Crippen LogP contribution is 2.32. The van der Waals surface area contributed by atoms with E-state index in [9.17, 15) is 9.59 Å². The van der Waals surface area contributed by atoms with Gasteiger partial charge in [0.2, 0.25) is 0 Å². The fourth-order valence-electron chi connectivity index (χ4n) is 4.21. The van der Waals surface area contributed by atoms with Crippen molar-refractivity contribution in [2.45, 2.75) is 65.8 Å². The van der Waals surface area contributed by atoms with Crippen LogP contribution in [0.25, 0.3) is 22.0 Å². The average molecular weight is 575 g/mol. The number of nitrogens with zero attached hydrogens (tertiary/aromatic N) is 3. The molecule has 2 aromatic heterocycles. The van der Waals surface area contributed by atoms with Crippen LogP contribution in [0.2, 0.25) is 0 Å². The molecule has 1 unspecified atom stereocenters. The van der Waals surface area contributed by atoms with Gasteiger partial charge in [0.1, 0.15) is 35.4 Å². The van der Waals surface area contributed by atoms with E-state index < -0.39 is 29.5 Å². The Hall–Kier alpha value is -4.60. The van der Waals surface area contributed by atoms with E-state index in [1.54, 1.807) is 33.2 Å². The van der Waals surface area contributed by atoms with Gasteiger partial charge in [-0.15, -0.1) is 0 Å². The van der Waals surface area contributed by atoms with Gasteiger partial charge in [-0.05, 0) is 78.3 Å². The van der Waals surface area contributed by atoms with Crippen molar-refractivity contribution in [3.8, 4) is 22.6 Å². The van der Waals surface area contributed by atoms with E-state index in [4.69, 9.17) is 18.9 Å². The van der Waals surface area contributed by atoms with E-state index in [1.807, 2.05) is 82.3 Å². The molecule has 2 aromatic carbocycles. The lowest BCUT2D eigenvalue weighted by Crippen LogP contribution is -2.41. The summed E-state index contributed by atoms with van der Waals surface area (Å²) in [4.78, 5) is 29.6. The first kappa shape index (κ1) is 30.4. The number of amides is 1. The number of pyridine rings is 1. The number of aromatic nitrogens is 3. The van der Waals surface area contributed by atoms with Gasteiger partial charge in [-0.2, -0.15) is 9.78 Å². The first-order valence-corrected chi connectivity index (χ1v) is 13.8. The average Bonchev–Trinajstić information content (AvgIpc) is 3.26. The second kappa shape index (κ2) is 12.5. The van der Waals surface area contributed by atoms with E-state index >= 15 is 0 Å². The number of carbonyl (C=O) groups is 2. The number of alkyl carbamates (subject to hydrolysis) is 1. The predicted octanol–water partition coefficient (Wildman–Crippen LogP) is 6.54. The third kappa shape index (κ3) is 8.22. The maximum Gasteiger partial charge on any atom is 0.435 e. The van der Waals surface area contributed by atoms with E-state index in [2.05, 4.69) is 15.4 Å². The van der Waals surface area contributed by atoms with E-state index in [-0.39, 0.29) is 13.2 Å². The molecule has 1 atom stereocenters. The Bertz CT molecular complexity index is 1540. The smallest absolute Gasteiger partial charge is 0.435 e. The van der Waals surface area contributed by atoms with Crippen LogP contribution in [0.5, 0.6) is 11.5 Å². The van der Waals surface area contributed by atoms with Gasteiger partial charge < -0.3 is 24.3 Å². The van der Waals surface area contributed by atoms with Gasteiger partial charge in [0.15, 0.2) is 0 Å². The molecule has 4 rings (SSSR count). The minimum Gasteiger partial charge on any atom is -0.490 e. The van der Waals surface area contributed by atoms with Crippen LogP contribution in [0.15, 0.2) is 67.0 Å². The minimum atomic E-state index is -0.657. The molecule has 0 bridgehead atoms. The van der Waals surface area contributed by atoms with Crippen molar-refractivity contribution < 1.29 is 28.5 Å². The molecule has 4 aromatic rings. The zero-order valence-corrected chi connectivity index (χ0v) is 25.1. The molecular weight excluding hydrogens is 536 g/mol. The summed E-state index contributed by atoms with van der Waals surface area (Å²) < 4.78 is 24.4. The topological polar surface area (TPSA) is 114 Å². The third-order valence-electron chi connectivity index (χ3n) is 5.83. The van der Waals surface area contributed by atoms with E-state index in [0.29, 0.717) is 22.7 Å². The normalized spacial score (nSPS) is 12.5. The number of aryl methyl sites for hydroxylation is 1. The second-order valence-electron chi connectivity index (χ2n) is 11.8. The zero-order valence-electron chi connectivity index (χ0n) is 25.1. The number of nitrogens with one attached hydrogen (secondary N) is 1. The number of fused-ring (bicyclic) bond motifs is 1. The summed E-state index contributed by atoms with van der Waals surface area (Å²) in [6.07, 6.45) is 1.67. The lowest BCUT2D eigenvalue weighted by Gasteiger charge is -2.23. The van der Waals surface area contributed by atoms with Crippen molar-refractivity contribution in [2.24, 2.45) is 0 Å². The summed E-state index contributed by atoms with van der Waals surface area (Å²) in [5.41, 5.74) is 1.62. The van der Waals surface area contributed by atoms with Crippen LogP contribution in [-0.2, 0) is 9.47 Å². The molecule has 10 heteroatoms. The Morgan fingerprint density at radius 3 is 2.31 bits per heavy atom. The molecule has 42 heavy (non-hydrogen) atoms. The highest BCUT2D eigenvalue weighted by Gasteiger charge is 2.23. The summed E-state index contributed by atoms with van der Waals surface area (Å²) in [6.45, 7) is 13.0. The maximum absolute atomic E-state index is 12.9. The summed E-state index contributed by atoms with van der Waals surface area (Å²) in [5.74, 6) is 1.16. The van der Waals surface area contributed by atoms with E-state index in [0.717, 1.165) is 16.5 Å². The van der Waals surface area contributed by atoms with Gasteiger partial charge in [0.05, 0.1) is 24.0 Å². The SMILES string of the molecule is Cc1nn(C(=O)OC(C)(C)C)c2cccc(-c3cncc(OC(CNC(=O)OC(C)(C)C)COc4ccccc4)c3)c12. The molecule has 0 aliphatic rings. The third-order valence-corrected chi connectivity index (χ3v) is 5.83. The summed E-state index contributed by atoms with van der Waals surface area (Å²) in [7, 11) is 0. The van der Waals surface area contributed by atoms with Crippen LogP contribution in [0.3, 0.4) is 0 Å². The largest absolute Gasteiger partial charge is 0.490 e. The molecule has 1 N–H and O–H groups in total. The van der Waals surface area contributed by atoms with Gasteiger partial charge in [-0.1, -0.05) is 30.3 Å². The highest BCUT2D eigenvalue weighted by molar-refractivity contribution is 6.00. The van der Waals surface area contributed by atoms with Gasteiger partial charge >= 0.3 is 12.2 Å². The Kier molecular flexibility index (Phi) is 9.04. The number of rotatable bonds is 8. The standard InChI is InChI=1S/C32H38N4O6/c1-21-28-26(14-11-15-27(28)36(35-21)30(38)42-32(5,6)7)22-16-24(18-33-17-22)40-25(19-34-29(37)41-31(2,3)4)20-39-23-12-9-8-10-13-23/h8-18,25H,19-20H2,1-7H3,(H,34,37). The maximum atomic E-state index is 12.9. The summed E-state index contributed by atoms with van der Waals surface area (Å²) in [5, 5.41) is 8.04. The van der Waals surface area contributed by atoms with Crippen LogP contribution in [-0.4, -0.2) is 57.4 Å².